The first-order chi connectivity index (χ1) is 9.38. The summed E-state index contributed by atoms with van der Waals surface area (Å²) in [6.45, 7) is 6.16. The van der Waals surface area contributed by atoms with Crippen molar-refractivity contribution in [1.82, 2.24) is 25.0 Å². The van der Waals surface area contributed by atoms with Gasteiger partial charge in [-0.05, 0) is 12.2 Å². The van der Waals surface area contributed by atoms with Gasteiger partial charge < -0.3 is 0 Å². The first kappa shape index (κ1) is 14.0. The highest BCUT2D eigenvalue weighted by Gasteiger charge is 2.16. The van der Waals surface area contributed by atoms with Crippen LogP contribution in [0.4, 0.5) is 0 Å². The highest BCUT2D eigenvalue weighted by Crippen LogP contribution is 2.17. The average molecular weight is 271 g/mol. The molecule has 0 saturated carbocycles. The second-order valence-electron chi connectivity index (χ2n) is 5.53. The molecule has 0 aliphatic rings. The fourth-order valence-electron chi connectivity index (χ4n) is 1.58. The van der Waals surface area contributed by atoms with Crippen molar-refractivity contribution < 1.29 is 4.79 Å². The molecule has 0 amide bonds. The van der Waals surface area contributed by atoms with Gasteiger partial charge in [-0.25, -0.2) is 14.6 Å². The van der Waals surface area contributed by atoms with Crippen molar-refractivity contribution in [3.05, 3.63) is 41.7 Å². The lowest BCUT2D eigenvalue weighted by Gasteiger charge is -2.15. The van der Waals surface area contributed by atoms with Crippen molar-refractivity contribution in [2.75, 3.05) is 0 Å². The molecule has 20 heavy (non-hydrogen) atoms. The van der Waals surface area contributed by atoms with Crippen LogP contribution in [0.1, 0.15) is 42.6 Å². The Balaban J connectivity index is 2.12. The molecule has 2 rings (SSSR count). The number of carbonyl (C=O) groups is 1. The Labute approximate surface area is 117 Å². The molecule has 0 radical (unpaired) electrons. The molecule has 0 atom stereocenters. The van der Waals surface area contributed by atoms with E-state index >= 15 is 0 Å². The number of ketones is 1. The van der Waals surface area contributed by atoms with Crippen LogP contribution in [-0.4, -0.2) is 30.7 Å². The first-order valence-electron chi connectivity index (χ1n) is 6.27. The second kappa shape index (κ2) is 5.32. The highest BCUT2D eigenvalue weighted by molar-refractivity contribution is 6.05. The van der Waals surface area contributed by atoms with Gasteiger partial charge in [0.2, 0.25) is 5.78 Å². The third-order valence-electron chi connectivity index (χ3n) is 2.74. The van der Waals surface area contributed by atoms with Gasteiger partial charge in [-0.3, -0.25) is 4.79 Å². The summed E-state index contributed by atoms with van der Waals surface area (Å²) in [7, 11) is 1.68. The summed E-state index contributed by atoms with van der Waals surface area (Å²) in [5, 5.41) is 7.39. The van der Waals surface area contributed by atoms with Crippen LogP contribution in [0, 0.1) is 0 Å². The zero-order chi connectivity index (χ0) is 14.8. The molecule has 2 heterocycles. The average Bonchev–Trinajstić information content (AvgIpc) is 2.82. The maximum atomic E-state index is 11.9. The van der Waals surface area contributed by atoms with Crippen LogP contribution in [-0.2, 0) is 12.5 Å². The number of aryl methyl sites for hydroxylation is 1. The maximum absolute atomic E-state index is 11.9. The minimum atomic E-state index is -0.155. The SMILES string of the molecule is Cn1nncc1C(=O)C=Cc1cnc(C(C)(C)C)nc1. The minimum Gasteiger partial charge on any atom is -0.287 e. The molecule has 0 bridgehead atoms. The fourth-order valence-corrected chi connectivity index (χ4v) is 1.58. The van der Waals surface area contributed by atoms with E-state index in [4.69, 9.17) is 0 Å². The van der Waals surface area contributed by atoms with Crippen LogP contribution in [0.15, 0.2) is 24.7 Å². The Kier molecular flexibility index (Phi) is 3.74. The number of nitrogens with zero attached hydrogens (tertiary/aromatic N) is 5. The van der Waals surface area contributed by atoms with Gasteiger partial charge in [0.15, 0.2) is 0 Å². The summed E-state index contributed by atoms with van der Waals surface area (Å²) in [6, 6.07) is 0. The second-order valence-corrected chi connectivity index (χ2v) is 5.53. The van der Waals surface area contributed by atoms with Crippen molar-refractivity contribution >= 4 is 11.9 Å². The van der Waals surface area contributed by atoms with Gasteiger partial charge in [0.25, 0.3) is 0 Å². The summed E-state index contributed by atoms with van der Waals surface area (Å²) >= 11 is 0. The Morgan fingerprint density at radius 1 is 1.20 bits per heavy atom. The molecule has 0 aromatic carbocycles. The summed E-state index contributed by atoms with van der Waals surface area (Å²) in [5.41, 5.74) is 1.13. The van der Waals surface area contributed by atoms with Crippen LogP contribution in [0.3, 0.4) is 0 Å². The molecule has 0 aliphatic carbocycles. The number of rotatable bonds is 3. The van der Waals surface area contributed by atoms with Crippen LogP contribution in [0.25, 0.3) is 6.08 Å². The van der Waals surface area contributed by atoms with E-state index in [9.17, 15) is 4.79 Å². The molecule has 2 aromatic heterocycles. The third-order valence-corrected chi connectivity index (χ3v) is 2.74. The standard InChI is InChI=1S/C14H17N5O/c1-14(2,3)13-15-7-10(8-16-13)5-6-12(20)11-9-17-18-19(11)4/h5-9H,1-4H3. The lowest BCUT2D eigenvalue weighted by atomic mass is 9.96. The Morgan fingerprint density at radius 3 is 2.35 bits per heavy atom. The molecule has 0 saturated heterocycles. The predicted molar refractivity (Wildman–Crippen MR) is 75.1 cm³/mol. The van der Waals surface area contributed by atoms with Gasteiger partial charge in [0, 0.05) is 30.4 Å². The van der Waals surface area contributed by atoms with Gasteiger partial charge in [0.05, 0.1) is 6.20 Å². The van der Waals surface area contributed by atoms with E-state index in [1.165, 1.54) is 17.0 Å². The molecule has 6 heteroatoms. The minimum absolute atomic E-state index is 0.0849. The predicted octanol–water partition coefficient (Wildman–Crippen LogP) is 1.80. The topological polar surface area (TPSA) is 73.6 Å². The number of hydrogen-bond donors (Lipinski definition) is 0. The van der Waals surface area contributed by atoms with Gasteiger partial charge >= 0.3 is 0 Å². The van der Waals surface area contributed by atoms with Crippen LogP contribution < -0.4 is 0 Å². The molecule has 6 nitrogen and oxygen atoms in total. The normalized spacial score (nSPS) is 12.0. The maximum Gasteiger partial charge on any atom is 0.205 e. The monoisotopic (exact) mass is 271 g/mol. The van der Waals surface area contributed by atoms with Gasteiger partial charge in [-0.1, -0.05) is 26.0 Å². The van der Waals surface area contributed by atoms with Crippen molar-refractivity contribution in [2.24, 2.45) is 7.05 Å². The van der Waals surface area contributed by atoms with E-state index in [0.29, 0.717) is 5.69 Å². The third kappa shape index (κ3) is 3.14. The van der Waals surface area contributed by atoms with Crippen molar-refractivity contribution in [3.63, 3.8) is 0 Å². The van der Waals surface area contributed by atoms with Crippen LogP contribution >= 0.6 is 0 Å². The lowest BCUT2D eigenvalue weighted by molar-refractivity contribution is 0.103. The molecule has 0 spiro atoms. The number of carbonyl (C=O) groups excluding carboxylic acids is 1. The molecule has 0 unspecified atom stereocenters. The summed E-state index contributed by atoms with van der Waals surface area (Å²) < 4.78 is 1.44. The van der Waals surface area contributed by atoms with Crippen molar-refractivity contribution in [3.8, 4) is 0 Å². The van der Waals surface area contributed by atoms with E-state index in [0.717, 1.165) is 11.4 Å². The van der Waals surface area contributed by atoms with Gasteiger partial charge in [-0.2, -0.15) is 0 Å². The number of hydrogen-bond acceptors (Lipinski definition) is 5. The van der Waals surface area contributed by atoms with E-state index in [-0.39, 0.29) is 11.2 Å². The quantitative estimate of drug-likeness (QED) is 0.628. The van der Waals surface area contributed by atoms with Crippen molar-refractivity contribution in [1.29, 1.82) is 0 Å². The molecule has 104 valence electrons. The Hall–Kier alpha value is -2.37. The Morgan fingerprint density at radius 2 is 1.85 bits per heavy atom. The summed E-state index contributed by atoms with van der Waals surface area (Å²) in [6.07, 6.45) is 8.00. The van der Waals surface area contributed by atoms with Crippen LogP contribution in [0.5, 0.6) is 0 Å². The van der Waals surface area contributed by atoms with E-state index in [1.807, 2.05) is 0 Å². The molecule has 0 fully saturated rings. The lowest BCUT2D eigenvalue weighted by Crippen LogP contribution is -2.15. The molecule has 0 N–H and O–H groups in total. The van der Waals surface area contributed by atoms with Gasteiger partial charge in [0.1, 0.15) is 11.5 Å². The highest BCUT2D eigenvalue weighted by atomic mass is 16.1. The van der Waals surface area contributed by atoms with Crippen molar-refractivity contribution in [2.45, 2.75) is 26.2 Å². The summed E-state index contributed by atoms with van der Waals surface area (Å²) in [5.74, 6) is 0.620. The summed E-state index contributed by atoms with van der Waals surface area (Å²) in [4.78, 5) is 20.5. The van der Waals surface area contributed by atoms with Crippen LogP contribution in [0.2, 0.25) is 0 Å². The zero-order valence-electron chi connectivity index (χ0n) is 12.0. The van der Waals surface area contributed by atoms with E-state index in [1.54, 1.807) is 25.5 Å². The largest absolute Gasteiger partial charge is 0.287 e. The smallest absolute Gasteiger partial charge is 0.205 e. The van der Waals surface area contributed by atoms with Gasteiger partial charge in [-0.15, -0.1) is 5.10 Å². The number of allylic oxidation sites excluding steroid dienone is 1. The molecule has 2 aromatic rings. The Bertz CT molecular complexity index is 634. The zero-order valence-corrected chi connectivity index (χ0v) is 12.0. The fraction of sp³-hybridized carbons (Fsp3) is 0.357. The first-order valence-corrected chi connectivity index (χ1v) is 6.27. The number of aromatic nitrogens is 5. The van der Waals surface area contributed by atoms with E-state index in [2.05, 4.69) is 41.1 Å². The molecular formula is C14H17N5O. The molecule has 0 aliphatic heterocycles. The molecular weight excluding hydrogens is 254 g/mol. The van der Waals surface area contributed by atoms with E-state index < -0.39 is 0 Å².